The van der Waals surface area contributed by atoms with Crippen molar-refractivity contribution in [3.63, 3.8) is 0 Å². The van der Waals surface area contributed by atoms with Crippen LogP contribution in [0.2, 0.25) is 0 Å². The first-order valence-electron chi connectivity index (χ1n) is 9.32. The van der Waals surface area contributed by atoms with E-state index >= 15 is 0 Å². The highest BCUT2D eigenvalue weighted by Crippen LogP contribution is 2.35. The number of carbonyl (C=O) groups excluding carboxylic acids is 1. The van der Waals surface area contributed by atoms with Crippen molar-refractivity contribution in [3.8, 4) is 0 Å². The number of benzene rings is 2. The van der Waals surface area contributed by atoms with E-state index in [2.05, 4.69) is 0 Å². The zero-order valence-electron chi connectivity index (χ0n) is 16.4. The topological polar surface area (TPSA) is 89.7 Å². The molecule has 0 saturated heterocycles. The van der Waals surface area contributed by atoms with Crippen LogP contribution >= 0.6 is 0 Å². The number of hydrogen-bond acceptors (Lipinski definition) is 5. The molecule has 29 heavy (non-hydrogen) atoms. The second-order valence-corrected chi connectivity index (χ2v) is 8.60. The minimum atomic E-state index is -3.83. The van der Waals surface area contributed by atoms with Gasteiger partial charge < -0.3 is 10.5 Å². The highest BCUT2D eigenvalue weighted by Gasteiger charge is 2.39. The number of carbonyl (C=O) groups is 1. The molecule has 6 nitrogen and oxygen atoms in total. The largest absolute Gasteiger partial charge is 0.463 e. The van der Waals surface area contributed by atoms with Crippen LogP contribution in [0.4, 0.5) is 0 Å². The van der Waals surface area contributed by atoms with Crippen molar-refractivity contribution in [1.29, 1.82) is 0 Å². The lowest BCUT2D eigenvalue weighted by Gasteiger charge is -2.27. The lowest BCUT2D eigenvalue weighted by Crippen LogP contribution is -2.40. The predicted molar refractivity (Wildman–Crippen MR) is 112 cm³/mol. The van der Waals surface area contributed by atoms with Crippen LogP contribution < -0.4 is 5.73 Å². The molecule has 0 saturated carbocycles. The summed E-state index contributed by atoms with van der Waals surface area (Å²) in [4.78, 5) is 12.1. The van der Waals surface area contributed by atoms with Gasteiger partial charge in [-0.3, -0.25) is 0 Å². The standard InChI is InChI=1S/C22H24N2O4S/c1-3-28-21(25)15-20(23)22-19(17-7-5-4-6-8-17)13-14-24(22)29(26,27)18-11-9-16(2)10-12-18/h4-13,15,22H,3,14,23H2,1-2H3/b20-15-. The van der Waals surface area contributed by atoms with Gasteiger partial charge in [0.1, 0.15) is 0 Å². The molecule has 0 amide bonds. The molecule has 0 fully saturated rings. The number of hydrogen-bond donors (Lipinski definition) is 1. The lowest BCUT2D eigenvalue weighted by atomic mass is 9.98. The van der Waals surface area contributed by atoms with Gasteiger partial charge in [-0.1, -0.05) is 54.1 Å². The van der Waals surface area contributed by atoms with Crippen molar-refractivity contribution < 1.29 is 17.9 Å². The first kappa shape index (κ1) is 20.8. The maximum absolute atomic E-state index is 13.3. The van der Waals surface area contributed by atoms with Gasteiger partial charge in [-0.15, -0.1) is 0 Å². The van der Waals surface area contributed by atoms with Gasteiger partial charge in [-0.25, -0.2) is 13.2 Å². The van der Waals surface area contributed by atoms with Gasteiger partial charge in [0.05, 0.1) is 17.5 Å². The van der Waals surface area contributed by atoms with Crippen molar-refractivity contribution in [2.75, 3.05) is 13.2 Å². The molecule has 7 heteroatoms. The molecule has 0 bridgehead atoms. The van der Waals surface area contributed by atoms with Crippen molar-refractivity contribution in [1.82, 2.24) is 4.31 Å². The molecule has 0 radical (unpaired) electrons. The molecule has 2 aromatic carbocycles. The summed E-state index contributed by atoms with van der Waals surface area (Å²) in [5.41, 5.74) is 8.90. The van der Waals surface area contributed by atoms with Crippen LogP contribution in [0.15, 0.2) is 77.3 Å². The summed E-state index contributed by atoms with van der Waals surface area (Å²) in [6.07, 6.45) is 2.99. The molecule has 0 aliphatic carbocycles. The number of nitrogens with two attached hydrogens (primary N) is 1. The predicted octanol–water partition coefficient (Wildman–Crippen LogP) is 2.86. The van der Waals surface area contributed by atoms with Crippen LogP contribution in [0.3, 0.4) is 0 Å². The van der Waals surface area contributed by atoms with E-state index in [9.17, 15) is 13.2 Å². The van der Waals surface area contributed by atoms with Gasteiger partial charge in [-0.2, -0.15) is 4.31 Å². The van der Waals surface area contributed by atoms with Crippen LogP contribution in [0.1, 0.15) is 18.1 Å². The van der Waals surface area contributed by atoms with E-state index in [1.54, 1.807) is 31.2 Å². The Labute approximate surface area is 171 Å². The first-order chi connectivity index (χ1) is 13.8. The highest BCUT2D eigenvalue weighted by molar-refractivity contribution is 7.89. The maximum Gasteiger partial charge on any atom is 0.332 e. The Bertz CT molecular complexity index is 1040. The molecule has 3 rings (SSSR count). The van der Waals surface area contributed by atoms with Crippen LogP contribution in [0.25, 0.3) is 5.57 Å². The zero-order valence-corrected chi connectivity index (χ0v) is 17.2. The Morgan fingerprint density at radius 3 is 2.45 bits per heavy atom. The zero-order chi connectivity index (χ0) is 21.0. The third kappa shape index (κ3) is 4.41. The van der Waals surface area contributed by atoms with Gasteiger partial charge in [0.15, 0.2) is 0 Å². The van der Waals surface area contributed by atoms with Crippen molar-refractivity contribution in [2.45, 2.75) is 24.8 Å². The van der Waals surface area contributed by atoms with Gasteiger partial charge in [0.25, 0.3) is 0 Å². The molecule has 1 unspecified atom stereocenters. The molecule has 2 N–H and O–H groups in total. The average Bonchev–Trinajstić information content (AvgIpc) is 3.15. The van der Waals surface area contributed by atoms with E-state index < -0.39 is 22.0 Å². The maximum atomic E-state index is 13.3. The first-order valence-corrected chi connectivity index (χ1v) is 10.8. The number of aryl methyl sites for hydroxylation is 1. The van der Waals surface area contributed by atoms with Gasteiger partial charge >= 0.3 is 5.97 Å². The van der Waals surface area contributed by atoms with Gasteiger partial charge in [-0.05, 0) is 37.1 Å². The molecular weight excluding hydrogens is 388 g/mol. The third-order valence-electron chi connectivity index (χ3n) is 4.70. The monoisotopic (exact) mass is 412 g/mol. The number of rotatable bonds is 6. The molecule has 0 spiro atoms. The Hall–Kier alpha value is -2.90. The summed E-state index contributed by atoms with van der Waals surface area (Å²) in [5.74, 6) is -0.600. The summed E-state index contributed by atoms with van der Waals surface area (Å²) in [5, 5.41) is 0. The summed E-state index contributed by atoms with van der Waals surface area (Å²) in [6.45, 7) is 3.95. The summed E-state index contributed by atoms with van der Waals surface area (Å²) in [6, 6.07) is 15.3. The van der Waals surface area contributed by atoms with Crippen molar-refractivity contribution >= 4 is 21.6 Å². The van der Waals surface area contributed by atoms with Crippen molar-refractivity contribution in [3.05, 3.63) is 83.6 Å². The minimum absolute atomic E-state index is 0.117. The molecular formula is C22H24N2O4S. The summed E-state index contributed by atoms with van der Waals surface area (Å²) in [7, 11) is -3.83. The average molecular weight is 413 g/mol. The van der Waals surface area contributed by atoms with Crippen LogP contribution in [-0.2, 0) is 19.6 Å². The Morgan fingerprint density at radius 1 is 1.17 bits per heavy atom. The fourth-order valence-electron chi connectivity index (χ4n) is 3.29. The van der Waals surface area contributed by atoms with E-state index in [0.29, 0.717) is 0 Å². The molecule has 2 aromatic rings. The third-order valence-corrected chi connectivity index (χ3v) is 6.54. The number of ether oxygens (including phenoxy) is 1. The lowest BCUT2D eigenvalue weighted by molar-refractivity contribution is -0.137. The van der Waals surface area contributed by atoms with E-state index in [4.69, 9.17) is 10.5 Å². The number of sulfonamides is 1. The number of esters is 1. The highest BCUT2D eigenvalue weighted by atomic mass is 32.2. The molecule has 1 atom stereocenters. The van der Waals surface area contributed by atoms with Crippen LogP contribution in [0.5, 0.6) is 0 Å². The molecule has 0 aromatic heterocycles. The summed E-state index contributed by atoms with van der Waals surface area (Å²) < 4.78 is 32.9. The van der Waals surface area contributed by atoms with E-state index in [1.165, 1.54) is 4.31 Å². The van der Waals surface area contributed by atoms with Crippen LogP contribution in [-0.4, -0.2) is 37.9 Å². The minimum Gasteiger partial charge on any atom is -0.463 e. The van der Waals surface area contributed by atoms with E-state index in [0.717, 1.165) is 22.8 Å². The Morgan fingerprint density at radius 2 is 1.83 bits per heavy atom. The fraction of sp³-hybridized carbons (Fsp3) is 0.227. The fourth-order valence-corrected chi connectivity index (χ4v) is 4.83. The van der Waals surface area contributed by atoms with Crippen molar-refractivity contribution in [2.24, 2.45) is 5.73 Å². The van der Waals surface area contributed by atoms with Crippen LogP contribution in [0, 0.1) is 6.92 Å². The normalized spacial score (nSPS) is 17.8. The SMILES string of the molecule is CCOC(=O)/C=C(\N)C1C(c2ccccc2)=CCN1S(=O)(=O)c1ccc(C)cc1. The second-order valence-electron chi connectivity index (χ2n) is 6.71. The summed E-state index contributed by atoms with van der Waals surface area (Å²) >= 11 is 0. The molecule has 1 aliphatic rings. The van der Waals surface area contributed by atoms with E-state index in [-0.39, 0.29) is 23.7 Å². The van der Waals surface area contributed by atoms with E-state index in [1.807, 2.05) is 43.3 Å². The Kier molecular flexibility index (Phi) is 6.20. The number of nitrogens with zero attached hydrogens (tertiary/aromatic N) is 1. The molecule has 152 valence electrons. The molecule has 1 heterocycles. The smallest absolute Gasteiger partial charge is 0.332 e. The Balaban J connectivity index is 2.04. The second kappa shape index (κ2) is 8.63. The van der Waals surface area contributed by atoms with Gasteiger partial charge in [0, 0.05) is 18.3 Å². The molecule has 1 aliphatic heterocycles. The quantitative estimate of drug-likeness (QED) is 0.582. The van der Waals surface area contributed by atoms with Gasteiger partial charge in [0.2, 0.25) is 10.0 Å².